The van der Waals surface area contributed by atoms with Crippen LogP contribution in [0.2, 0.25) is 0 Å². The molecule has 1 aliphatic carbocycles. The molecule has 0 bridgehead atoms. The Morgan fingerprint density at radius 1 is 1.20 bits per heavy atom. The zero-order valence-electron chi connectivity index (χ0n) is 13.2. The summed E-state index contributed by atoms with van der Waals surface area (Å²) < 4.78 is 26.9. The maximum absolute atomic E-state index is 12.6. The number of rotatable bonds is 7. The van der Waals surface area contributed by atoms with Gasteiger partial charge in [-0.1, -0.05) is 26.7 Å². The predicted molar refractivity (Wildman–Crippen MR) is 83.2 cm³/mol. The van der Waals surface area contributed by atoms with Crippen molar-refractivity contribution < 1.29 is 8.42 Å². The summed E-state index contributed by atoms with van der Waals surface area (Å²) in [7, 11) is -3.13. The highest BCUT2D eigenvalue weighted by Crippen LogP contribution is 2.38. The molecule has 0 radical (unpaired) electrons. The van der Waals surface area contributed by atoms with Gasteiger partial charge < -0.3 is 5.32 Å². The Bertz CT molecular complexity index is 404. The summed E-state index contributed by atoms with van der Waals surface area (Å²) >= 11 is 0. The van der Waals surface area contributed by atoms with Gasteiger partial charge in [0, 0.05) is 25.7 Å². The van der Waals surface area contributed by atoms with Gasteiger partial charge in [-0.2, -0.15) is 0 Å². The summed E-state index contributed by atoms with van der Waals surface area (Å²) in [6, 6.07) is 0.571. The quantitative estimate of drug-likeness (QED) is 0.785. The summed E-state index contributed by atoms with van der Waals surface area (Å²) in [5.41, 5.74) is 0.377. The standard InChI is InChI=1S/C15H30N2O2S/c1-4-15(5-2)8-10-17(11-9-15)20(18,19)13(3)12-16-14-6-7-14/h13-14,16H,4-12H2,1-3H3. The van der Waals surface area contributed by atoms with E-state index in [4.69, 9.17) is 0 Å². The first kappa shape index (κ1) is 16.2. The summed E-state index contributed by atoms with van der Waals surface area (Å²) in [6.07, 6.45) is 6.76. The average Bonchev–Trinajstić information content (AvgIpc) is 3.28. The second kappa shape index (κ2) is 6.32. The molecule has 1 unspecified atom stereocenters. The molecule has 1 atom stereocenters. The van der Waals surface area contributed by atoms with Crippen LogP contribution in [0.25, 0.3) is 0 Å². The van der Waals surface area contributed by atoms with Crippen LogP contribution in [0.3, 0.4) is 0 Å². The first-order valence-corrected chi connectivity index (χ1v) is 9.66. The van der Waals surface area contributed by atoms with Crippen molar-refractivity contribution >= 4 is 10.0 Å². The molecule has 0 spiro atoms. The maximum atomic E-state index is 12.6. The smallest absolute Gasteiger partial charge is 0.217 e. The second-order valence-corrected chi connectivity index (χ2v) is 9.00. The van der Waals surface area contributed by atoms with Crippen molar-refractivity contribution in [1.29, 1.82) is 0 Å². The molecular weight excluding hydrogens is 272 g/mol. The van der Waals surface area contributed by atoms with E-state index in [1.54, 1.807) is 4.31 Å². The Labute approximate surface area is 124 Å². The summed E-state index contributed by atoms with van der Waals surface area (Å²) in [5.74, 6) is 0. The van der Waals surface area contributed by atoms with E-state index < -0.39 is 10.0 Å². The van der Waals surface area contributed by atoms with Crippen molar-refractivity contribution in [3.8, 4) is 0 Å². The van der Waals surface area contributed by atoms with E-state index in [0.717, 1.165) is 25.7 Å². The van der Waals surface area contributed by atoms with Gasteiger partial charge in [-0.05, 0) is 38.0 Å². The Kier molecular flexibility index (Phi) is 5.14. The Morgan fingerprint density at radius 2 is 1.75 bits per heavy atom. The monoisotopic (exact) mass is 302 g/mol. The lowest BCUT2D eigenvalue weighted by atomic mass is 9.75. The maximum Gasteiger partial charge on any atom is 0.217 e. The third-order valence-electron chi connectivity index (χ3n) is 5.42. The van der Waals surface area contributed by atoms with Crippen LogP contribution in [-0.2, 0) is 10.0 Å². The largest absolute Gasteiger partial charge is 0.313 e. The van der Waals surface area contributed by atoms with E-state index in [1.807, 2.05) is 6.92 Å². The fraction of sp³-hybridized carbons (Fsp3) is 1.00. The molecule has 1 saturated heterocycles. The molecule has 0 aromatic carbocycles. The second-order valence-electron chi connectivity index (χ2n) is 6.64. The summed E-state index contributed by atoms with van der Waals surface area (Å²) in [4.78, 5) is 0. The lowest BCUT2D eigenvalue weighted by Gasteiger charge is -2.41. The van der Waals surface area contributed by atoms with Crippen molar-refractivity contribution in [2.45, 2.75) is 70.6 Å². The van der Waals surface area contributed by atoms with Crippen LogP contribution in [0, 0.1) is 5.41 Å². The van der Waals surface area contributed by atoms with Crippen molar-refractivity contribution in [2.24, 2.45) is 5.41 Å². The number of nitrogens with one attached hydrogen (secondary N) is 1. The SMILES string of the molecule is CCC1(CC)CCN(S(=O)(=O)C(C)CNC2CC2)CC1. The zero-order valence-corrected chi connectivity index (χ0v) is 14.0. The topological polar surface area (TPSA) is 49.4 Å². The zero-order chi connectivity index (χ0) is 14.8. The number of sulfonamides is 1. The van der Waals surface area contributed by atoms with Crippen LogP contribution in [0.4, 0.5) is 0 Å². The van der Waals surface area contributed by atoms with Crippen LogP contribution in [0.15, 0.2) is 0 Å². The molecule has 4 nitrogen and oxygen atoms in total. The van der Waals surface area contributed by atoms with E-state index >= 15 is 0 Å². The summed E-state index contributed by atoms with van der Waals surface area (Å²) in [6.45, 7) is 8.31. The van der Waals surface area contributed by atoms with Crippen LogP contribution < -0.4 is 5.32 Å². The van der Waals surface area contributed by atoms with Gasteiger partial charge in [0.05, 0.1) is 5.25 Å². The third kappa shape index (κ3) is 3.55. The highest BCUT2D eigenvalue weighted by molar-refractivity contribution is 7.89. The predicted octanol–water partition coefficient (Wildman–Crippen LogP) is 2.36. The van der Waals surface area contributed by atoms with Crippen molar-refractivity contribution in [3.63, 3.8) is 0 Å². The summed E-state index contributed by atoms with van der Waals surface area (Å²) in [5, 5.41) is 3.03. The molecule has 2 fully saturated rings. The van der Waals surface area contributed by atoms with Gasteiger partial charge in [-0.25, -0.2) is 12.7 Å². The van der Waals surface area contributed by atoms with Gasteiger partial charge in [0.2, 0.25) is 10.0 Å². The number of piperidine rings is 1. The Hall–Kier alpha value is -0.130. The van der Waals surface area contributed by atoms with Gasteiger partial charge in [0.15, 0.2) is 0 Å². The number of hydrogen-bond donors (Lipinski definition) is 1. The minimum Gasteiger partial charge on any atom is -0.313 e. The van der Waals surface area contributed by atoms with E-state index in [1.165, 1.54) is 12.8 Å². The molecule has 1 heterocycles. The molecule has 0 aromatic heterocycles. The molecule has 118 valence electrons. The molecule has 0 amide bonds. The van der Waals surface area contributed by atoms with E-state index in [9.17, 15) is 8.42 Å². The van der Waals surface area contributed by atoms with E-state index in [-0.39, 0.29) is 5.25 Å². The molecule has 5 heteroatoms. The molecule has 1 saturated carbocycles. The number of nitrogens with zero attached hydrogens (tertiary/aromatic N) is 1. The van der Waals surface area contributed by atoms with Crippen LogP contribution >= 0.6 is 0 Å². The molecule has 1 N–H and O–H groups in total. The van der Waals surface area contributed by atoms with Crippen LogP contribution in [0.5, 0.6) is 0 Å². The third-order valence-corrected chi connectivity index (χ3v) is 7.69. The van der Waals surface area contributed by atoms with Gasteiger partial charge in [0.1, 0.15) is 0 Å². The Balaban J connectivity index is 1.90. The first-order chi connectivity index (χ1) is 9.43. The first-order valence-electron chi connectivity index (χ1n) is 8.16. The van der Waals surface area contributed by atoms with E-state index in [2.05, 4.69) is 19.2 Å². The lowest BCUT2D eigenvalue weighted by Crippen LogP contribution is -2.48. The van der Waals surface area contributed by atoms with Crippen LogP contribution in [-0.4, -0.2) is 43.6 Å². The fourth-order valence-electron chi connectivity index (χ4n) is 3.15. The normalized spacial score (nSPS) is 25.6. The van der Waals surface area contributed by atoms with Crippen molar-refractivity contribution in [1.82, 2.24) is 9.62 Å². The van der Waals surface area contributed by atoms with Gasteiger partial charge >= 0.3 is 0 Å². The minimum absolute atomic E-state index is 0.307. The van der Waals surface area contributed by atoms with Gasteiger partial charge in [0.25, 0.3) is 0 Å². The Morgan fingerprint density at radius 3 is 2.20 bits per heavy atom. The van der Waals surface area contributed by atoms with Crippen molar-refractivity contribution in [3.05, 3.63) is 0 Å². The highest BCUT2D eigenvalue weighted by Gasteiger charge is 2.37. The van der Waals surface area contributed by atoms with Gasteiger partial charge in [-0.15, -0.1) is 0 Å². The molecule has 2 aliphatic rings. The van der Waals surface area contributed by atoms with Crippen LogP contribution in [0.1, 0.15) is 59.3 Å². The fourth-order valence-corrected chi connectivity index (χ4v) is 4.66. The lowest BCUT2D eigenvalue weighted by molar-refractivity contribution is 0.141. The average molecular weight is 302 g/mol. The molecule has 0 aromatic rings. The molecular formula is C15H30N2O2S. The molecule has 20 heavy (non-hydrogen) atoms. The molecule has 1 aliphatic heterocycles. The highest BCUT2D eigenvalue weighted by atomic mass is 32.2. The van der Waals surface area contributed by atoms with Crippen molar-refractivity contribution in [2.75, 3.05) is 19.6 Å². The number of hydrogen-bond acceptors (Lipinski definition) is 3. The minimum atomic E-state index is -3.13. The van der Waals surface area contributed by atoms with Gasteiger partial charge in [-0.3, -0.25) is 0 Å². The molecule has 2 rings (SSSR count). The van der Waals surface area contributed by atoms with E-state index in [0.29, 0.717) is 31.1 Å².